The largest absolute Gasteiger partial charge is 0.357 e. The Morgan fingerprint density at radius 3 is 2.69 bits per heavy atom. The van der Waals surface area contributed by atoms with E-state index in [9.17, 15) is 9.59 Å². The second-order valence-electron chi connectivity index (χ2n) is 8.33. The van der Waals surface area contributed by atoms with E-state index in [1.165, 1.54) is 5.56 Å². The molecule has 0 saturated heterocycles. The summed E-state index contributed by atoms with van der Waals surface area (Å²) in [5, 5.41) is 8.56. The van der Waals surface area contributed by atoms with E-state index in [0.29, 0.717) is 12.0 Å². The summed E-state index contributed by atoms with van der Waals surface area (Å²) >= 11 is 1.57. The maximum atomic E-state index is 13.8. The van der Waals surface area contributed by atoms with Crippen LogP contribution in [0.2, 0.25) is 0 Å². The average Bonchev–Trinajstić information content (AvgIpc) is 3.25. The molecule has 2 aliphatic rings. The molecule has 0 spiro atoms. The number of Topliss-reactive ketones (excluding diaryl/α,β-unsaturated/α-hetero) is 1. The lowest BCUT2D eigenvalue weighted by molar-refractivity contribution is -0.116. The summed E-state index contributed by atoms with van der Waals surface area (Å²) in [6, 6.07) is 16.9. The molecule has 2 aromatic carbocycles. The second-order valence-corrected chi connectivity index (χ2v) is 9.31. The summed E-state index contributed by atoms with van der Waals surface area (Å²) < 4.78 is 0. The Balaban J connectivity index is 1.66. The molecule has 2 amide bonds. The van der Waals surface area contributed by atoms with Gasteiger partial charge in [-0.25, -0.2) is 4.79 Å². The summed E-state index contributed by atoms with van der Waals surface area (Å²) in [5.41, 5.74) is 6.24. The molecule has 0 radical (unpaired) electrons. The lowest BCUT2D eigenvalue weighted by Gasteiger charge is -2.33. The quantitative estimate of drug-likeness (QED) is 0.470. The number of allylic oxidation sites excluding steroid dienone is 1. The number of rotatable bonds is 2. The van der Waals surface area contributed by atoms with Gasteiger partial charge in [-0.15, -0.1) is 11.3 Å². The van der Waals surface area contributed by atoms with Crippen LogP contribution in [0, 0.1) is 13.8 Å². The number of benzene rings is 2. The molecule has 1 aliphatic heterocycles. The maximum absolute atomic E-state index is 13.8. The number of ketones is 1. The van der Waals surface area contributed by atoms with E-state index in [4.69, 9.17) is 0 Å². The van der Waals surface area contributed by atoms with E-state index in [2.05, 4.69) is 10.6 Å². The highest BCUT2D eigenvalue weighted by molar-refractivity contribution is 7.10. The Bertz CT molecular complexity index is 1230. The van der Waals surface area contributed by atoms with Crippen LogP contribution in [-0.2, 0) is 4.79 Å². The molecule has 1 aromatic heterocycles. The van der Waals surface area contributed by atoms with Crippen molar-refractivity contribution in [3.05, 3.63) is 87.3 Å². The van der Waals surface area contributed by atoms with E-state index < -0.39 is 6.04 Å². The summed E-state index contributed by atoms with van der Waals surface area (Å²) in [6.07, 6.45) is 2.12. The van der Waals surface area contributed by atoms with E-state index in [-0.39, 0.29) is 11.8 Å². The number of hydrogen-bond donors (Lipinski definition) is 2. The van der Waals surface area contributed by atoms with Gasteiger partial charge in [0.25, 0.3) is 0 Å². The van der Waals surface area contributed by atoms with Gasteiger partial charge in [0.1, 0.15) is 6.04 Å². The van der Waals surface area contributed by atoms with Crippen LogP contribution in [0.5, 0.6) is 0 Å². The minimum absolute atomic E-state index is 0.105. The molecule has 0 fully saturated rings. The number of urea groups is 1. The molecule has 0 bridgehead atoms. The van der Waals surface area contributed by atoms with Crippen LogP contribution in [0.1, 0.15) is 41.3 Å². The molecular weight excluding hydrogens is 418 g/mol. The zero-order valence-electron chi connectivity index (χ0n) is 18.1. The number of fused-ring (bicyclic) bond motifs is 1. The van der Waals surface area contributed by atoms with Crippen LogP contribution < -0.4 is 15.5 Å². The van der Waals surface area contributed by atoms with Gasteiger partial charge < -0.3 is 10.6 Å². The smallest absolute Gasteiger partial charge is 0.327 e. The monoisotopic (exact) mass is 443 g/mol. The van der Waals surface area contributed by atoms with Gasteiger partial charge in [-0.2, -0.15) is 0 Å². The highest BCUT2D eigenvalue weighted by Crippen LogP contribution is 2.45. The standard InChI is InChI=1S/C26H25N3O2S/c1-16-12-13-18(15-17(16)2)27-26(31)29-21-9-4-3-7-19(21)28-20-8-5-10-22(30)24(20)25(29)23-11-6-14-32-23/h3-4,6-7,9,11-15,25,28H,5,8,10H2,1-2H3,(H,27,31)/t25-/m0/s1. The highest BCUT2D eigenvalue weighted by atomic mass is 32.1. The molecule has 5 rings (SSSR count). The van der Waals surface area contributed by atoms with Crippen LogP contribution in [0.15, 0.2) is 71.2 Å². The predicted molar refractivity (Wildman–Crippen MR) is 130 cm³/mol. The number of para-hydroxylation sites is 2. The lowest BCUT2D eigenvalue weighted by atomic mass is 9.88. The SMILES string of the molecule is Cc1ccc(NC(=O)N2c3ccccc3NC3=C(C(=O)CCC3)[C@@H]2c2cccs2)cc1C. The third-order valence-corrected chi connectivity index (χ3v) is 7.15. The van der Waals surface area contributed by atoms with Crippen molar-refractivity contribution in [2.45, 2.75) is 39.2 Å². The summed E-state index contributed by atoms with van der Waals surface area (Å²) in [7, 11) is 0. The zero-order valence-corrected chi connectivity index (χ0v) is 19.0. The lowest BCUT2D eigenvalue weighted by Crippen LogP contribution is -2.40. The van der Waals surface area contributed by atoms with Crippen molar-refractivity contribution in [1.29, 1.82) is 0 Å². The summed E-state index contributed by atoms with van der Waals surface area (Å²) in [5.74, 6) is 0.105. The van der Waals surface area contributed by atoms with Crippen molar-refractivity contribution < 1.29 is 9.59 Å². The van der Waals surface area contributed by atoms with Gasteiger partial charge in [-0.1, -0.05) is 24.3 Å². The third kappa shape index (κ3) is 3.60. The van der Waals surface area contributed by atoms with Crippen LogP contribution in [-0.4, -0.2) is 11.8 Å². The maximum Gasteiger partial charge on any atom is 0.327 e. The molecule has 3 aromatic rings. The Kier molecular flexibility index (Phi) is 5.31. The van der Waals surface area contributed by atoms with Gasteiger partial charge in [-0.3, -0.25) is 9.69 Å². The molecular formula is C26H25N3O2S. The van der Waals surface area contributed by atoms with Crippen molar-refractivity contribution >= 4 is 40.2 Å². The van der Waals surface area contributed by atoms with Gasteiger partial charge >= 0.3 is 6.03 Å². The number of carbonyl (C=O) groups is 2. The van der Waals surface area contributed by atoms with Crippen molar-refractivity contribution in [2.24, 2.45) is 0 Å². The minimum Gasteiger partial charge on any atom is -0.357 e. The number of anilines is 3. The normalized spacial score (nSPS) is 17.9. The Morgan fingerprint density at radius 1 is 1.06 bits per heavy atom. The van der Waals surface area contributed by atoms with Crippen molar-refractivity contribution in [3.8, 4) is 0 Å². The molecule has 1 aliphatic carbocycles. The van der Waals surface area contributed by atoms with E-state index in [0.717, 1.165) is 46.0 Å². The predicted octanol–water partition coefficient (Wildman–Crippen LogP) is 6.58. The fraction of sp³-hybridized carbons (Fsp3) is 0.231. The van der Waals surface area contributed by atoms with Crippen LogP contribution >= 0.6 is 11.3 Å². The van der Waals surface area contributed by atoms with Crippen molar-refractivity contribution in [1.82, 2.24) is 0 Å². The molecule has 0 saturated carbocycles. The van der Waals surface area contributed by atoms with E-state index in [1.54, 1.807) is 16.2 Å². The molecule has 6 heteroatoms. The first-order chi connectivity index (χ1) is 15.5. The van der Waals surface area contributed by atoms with Gasteiger partial charge in [0.05, 0.1) is 11.4 Å². The number of carbonyl (C=O) groups excluding carboxylic acids is 2. The van der Waals surface area contributed by atoms with Crippen LogP contribution in [0.4, 0.5) is 21.9 Å². The zero-order chi connectivity index (χ0) is 22.2. The molecule has 162 valence electrons. The fourth-order valence-corrected chi connectivity index (χ4v) is 5.30. The number of hydrogen-bond acceptors (Lipinski definition) is 4. The van der Waals surface area contributed by atoms with Gasteiger partial charge in [-0.05, 0) is 73.5 Å². The fourth-order valence-electron chi connectivity index (χ4n) is 4.48. The first-order valence-electron chi connectivity index (χ1n) is 10.9. The number of nitrogens with one attached hydrogen (secondary N) is 2. The first-order valence-corrected chi connectivity index (χ1v) is 11.7. The number of amides is 2. The molecule has 32 heavy (non-hydrogen) atoms. The Hall–Kier alpha value is -3.38. The summed E-state index contributed by atoms with van der Waals surface area (Å²) in [4.78, 5) is 29.7. The highest BCUT2D eigenvalue weighted by Gasteiger charge is 2.40. The van der Waals surface area contributed by atoms with Gasteiger partial charge in [0.2, 0.25) is 0 Å². The molecule has 0 unspecified atom stereocenters. The molecule has 5 nitrogen and oxygen atoms in total. The van der Waals surface area contributed by atoms with Crippen LogP contribution in [0.3, 0.4) is 0 Å². The third-order valence-electron chi connectivity index (χ3n) is 6.23. The molecule has 1 atom stereocenters. The number of nitrogens with zero attached hydrogens (tertiary/aromatic N) is 1. The first kappa shape index (κ1) is 20.5. The van der Waals surface area contributed by atoms with Crippen molar-refractivity contribution in [2.75, 3.05) is 15.5 Å². The van der Waals surface area contributed by atoms with Crippen LogP contribution in [0.25, 0.3) is 0 Å². The van der Waals surface area contributed by atoms with Gasteiger partial charge in [0, 0.05) is 28.3 Å². The van der Waals surface area contributed by atoms with E-state index in [1.807, 2.05) is 73.8 Å². The van der Waals surface area contributed by atoms with E-state index >= 15 is 0 Å². The van der Waals surface area contributed by atoms with Gasteiger partial charge in [0.15, 0.2) is 5.78 Å². The average molecular weight is 444 g/mol. The second kappa shape index (κ2) is 8.28. The topological polar surface area (TPSA) is 61.4 Å². The molecule has 2 heterocycles. The minimum atomic E-state index is -0.472. The summed E-state index contributed by atoms with van der Waals surface area (Å²) in [6.45, 7) is 4.08. The molecule has 2 N–H and O–H groups in total. The number of aryl methyl sites for hydroxylation is 2. The van der Waals surface area contributed by atoms with Crippen molar-refractivity contribution in [3.63, 3.8) is 0 Å². The Morgan fingerprint density at radius 2 is 1.91 bits per heavy atom. The Labute approximate surface area is 191 Å². The number of thiophene rings is 1.